The van der Waals surface area contributed by atoms with Crippen LogP contribution in [0, 0.1) is 17.8 Å². The first-order valence-corrected chi connectivity index (χ1v) is 16.1. The number of allylic oxidation sites excluding steroid dienone is 2. The van der Waals surface area contributed by atoms with Crippen LogP contribution in [0.3, 0.4) is 0 Å². The van der Waals surface area contributed by atoms with Crippen LogP contribution in [0.1, 0.15) is 54.4 Å². The van der Waals surface area contributed by atoms with Gasteiger partial charge in [-0.15, -0.1) is 0 Å². The number of carbonyl (C=O) groups excluding carboxylic acids is 3. The lowest BCUT2D eigenvalue weighted by atomic mass is 9.92. The van der Waals surface area contributed by atoms with Crippen LogP contribution in [0.25, 0.3) is 0 Å². The molecular formula is C27H55IN2O6Si. The Bertz CT molecular complexity index is 689. The molecule has 0 aliphatic carbocycles. The number of carbonyl (C=O) groups is 3. The van der Waals surface area contributed by atoms with E-state index in [2.05, 4.69) is 26.4 Å². The highest BCUT2D eigenvalue weighted by Gasteiger charge is 2.23. The van der Waals surface area contributed by atoms with Gasteiger partial charge in [-0.1, -0.05) is 13.8 Å². The standard InChI is InChI=1S/C12H23NO3.C12H24O3Si.C3H8N.HI/c1-6-16-12(15)9(2)7-11(10(3)14)8-13(4)5;1-7-14-12(13)10(2)8-9-11(3)15-16(4,5)6;1-4(2)3;/h9,11H,6-8H2,1-5H3;9-10H,7-8H2,1-6H3;1H2,2-3H3;1H/q;;+1;/p-1/b;11-9-;;. The van der Waals surface area contributed by atoms with Crippen LogP contribution in [-0.4, -0.2) is 90.2 Å². The smallest absolute Gasteiger partial charge is 0.308 e. The summed E-state index contributed by atoms with van der Waals surface area (Å²) in [4.78, 5) is 36.2. The van der Waals surface area contributed by atoms with Crippen molar-refractivity contribution in [2.75, 3.05) is 47.9 Å². The fourth-order valence-electron chi connectivity index (χ4n) is 2.87. The first-order valence-electron chi connectivity index (χ1n) is 12.7. The summed E-state index contributed by atoms with van der Waals surface area (Å²) in [6.07, 6.45) is 3.21. The van der Waals surface area contributed by atoms with E-state index in [1.807, 2.05) is 66.9 Å². The molecule has 0 aromatic rings. The molecule has 0 saturated carbocycles. The van der Waals surface area contributed by atoms with Gasteiger partial charge in [0.2, 0.25) is 8.32 Å². The van der Waals surface area contributed by atoms with Gasteiger partial charge in [-0.25, -0.2) is 4.58 Å². The average Bonchev–Trinajstić information content (AvgIpc) is 2.70. The molecule has 220 valence electrons. The quantitative estimate of drug-likeness (QED) is 0.0744. The van der Waals surface area contributed by atoms with Crippen molar-refractivity contribution in [3.63, 3.8) is 0 Å². The lowest BCUT2D eigenvalue weighted by molar-refractivity contribution is -0.454. The Morgan fingerprint density at radius 1 is 0.946 bits per heavy atom. The van der Waals surface area contributed by atoms with Crippen molar-refractivity contribution in [1.29, 1.82) is 0 Å². The first kappa shape index (κ1) is 42.8. The highest BCUT2D eigenvalue weighted by molar-refractivity contribution is 6.70. The van der Waals surface area contributed by atoms with Gasteiger partial charge in [0, 0.05) is 12.5 Å². The molecule has 0 N–H and O–H groups in total. The monoisotopic (exact) mass is 658 g/mol. The molecule has 0 spiro atoms. The zero-order valence-electron chi connectivity index (χ0n) is 25.8. The van der Waals surface area contributed by atoms with E-state index in [1.165, 1.54) is 0 Å². The normalized spacial score (nSPS) is 13.3. The molecule has 10 heteroatoms. The minimum atomic E-state index is -1.52. The van der Waals surface area contributed by atoms with Gasteiger partial charge in [-0.2, -0.15) is 0 Å². The predicted octanol–water partition coefficient (Wildman–Crippen LogP) is 1.64. The maximum atomic E-state index is 11.4. The van der Waals surface area contributed by atoms with Crippen molar-refractivity contribution in [2.24, 2.45) is 17.8 Å². The number of halogens is 1. The molecule has 0 aromatic heterocycles. The number of hydrogen-bond acceptors (Lipinski definition) is 7. The van der Waals surface area contributed by atoms with E-state index >= 15 is 0 Å². The molecule has 0 aromatic carbocycles. The Kier molecular flexibility index (Phi) is 27.6. The minimum absolute atomic E-state index is 0. The van der Waals surface area contributed by atoms with Gasteiger partial charge in [0.25, 0.3) is 0 Å². The largest absolute Gasteiger partial charge is 1.00 e. The Balaban J connectivity index is -0.000000251. The molecule has 0 aliphatic rings. The van der Waals surface area contributed by atoms with Crippen LogP contribution in [0.4, 0.5) is 0 Å². The third-order valence-electron chi connectivity index (χ3n) is 4.40. The second kappa shape index (κ2) is 23.8. The van der Waals surface area contributed by atoms with Crippen LogP contribution in [-0.2, 0) is 28.3 Å². The van der Waals surface area contributed by atoms with E-state index in [-0.39, 0.29) is 59.5 Å². The maximum absolute atomic E-state index is 11.4. The SMILES string of the molecule is C=[N+](C)C.CCOC(=O)C(C)C/C=C(/C)O[Si](C)(C)C.CCOC(=O)C(C)CC(CN(C)C)C(C)=O.[I-]. The highest BCUT2D eigenvalue weighted by Crippen LogP contribution is 2.16. The van der Waals surface area contributed by atoms with Crippen LogP contribution < -0.4 is 24.0 Å². The molecule has 0 radical (unpaired) electrons. The molecule has 0 aliphatic heterocycles. The van der Waals surface area contributed by atoms with Gasteiger partial charge < -0.3 is 42.8 Å². The fourth-order valence-corrected chi connectivity index (χ4v) is 3.91. The topological polar surface area (TPSA) is 85.2 Å². The second-order valence-corrected chi connectivity index (χ2v) is 14.9. The lowest BCUT2D eigenvalue weighted by Crippen LogP contribution is -3.00. The van der Waals surface area contributed by atoms with E-state index in [9.17, 15) is 14.4 Å². The molecule has 37 heavy (non-hydrogen) atoms. The summed E-state index contributed by atoms with van der Waals surface area (Å²) < 4.78 is 17.4. The molecule has 0 bridgehead atoms. The molecule has 0 rings (SSSR count). The number of ether oxygens (including phenoxy) is 2. The molecule has 0 heterocycles. The van der Waals surface area contributed by atoms with Crippen molar-refractivity contribution in [3.8, 4) is 0 Å². The summed E-state index contributed by atoms with van der Waals surface area (Å²) >= 11 is 0. The zero-order chi connectivity index (χ0) is 29.1. The summed E-state index contributed by atoms with van der Waals surface area (Å²) in [5, 5.41) is 0. The lowest BCUT2D eigenvalue weighted by Gasteiger charge is -2.21. The molecule has 3 unspecified atom stereocenters. The van der Waals surface area contributed by atoms with Crippen LogP contribution in [0.15, 0.2) is 11.8 Å². The van der Waals surface area contributed by atoms with Gasteiger partial charge in [-0.3, -0.25) is 14.4 Å². The van der Waals surface area contributed by atoms with Gasteiger partial charge in [-0.05, 0) is 80.3 Å². The Hall–Kier alpha value is -1.27. The van der Waals surface area contributed by atoms with Crippen LogP contribution in [0.5, 0.6) is 0 Å². The summed E-state index contributed by atoms with van der Waals surface area (Å²) in [7, 11) is 6.10. The molecule has 0 saturated heterocycles. The number of esters is 2. The average molecular weight is 659 g/mol. The van der Waals surface area contributed by atoms with Crippen LogP contribution in [0.2, 0.25) is 19.6 Å². The number of ketones is 1. The van der Waals surface area contributed by atoms with Crippen molar-refractivity contribution in [1.82, 2.24) is 4.90 Å². The molecule has 3 atom stereocenters. The van der Waals surface area contributed by atoms with E-state index in [4.69, 9.17) is 13.9 Å². The number of hydrogen-bond donors (Lipinski definition) is 0. The summed E-state index contributed by atoms with van der Waals surface area (Å²) in [6, 6.07) is 0. The Morgan fingerprint density at radius 3 is 1.68 bits per heavy atom. The van der Waals surface area contributed by atoms with E-state index in [0.29, 0.717) is 32.6 Å². The molecule has 0 amide bonds. The van der Waals surface area contributed by atoms with Crippen molar-refractivity contribution < 1.29 is 56.8 Å². The predicted molar refractivity (Wildman–Crippen MR) is 151 cm³/mol. The van der Waals surface area contributed by atoms with E-state index in [1.54, 1.807) is 18.4 Å². The Morgan fingerprint density at radius 2 is 1.35 bits per heavy atom. The summed E-state index contributed by atoms with van der Waals surface area (Å²) in [5.74, 6) is 0.288. The van der Waals surface area contributed by atoms with E-state index < -0.39 is 8.32 Å². The second-order valence-electron chi connectivity index (χ2n) is 10.5. The third kappa shape index (κ3) is 30.8. The van der Waals surface area contributed by atoms with Gasteiger partial charge in [0.1, 0.15) is 26.6 Å². The van der Waals surface area contributed by atoms with E-state index in [0.717, 1.165) is 5.76 Å². The zero-order valence-corrected chi connectivity index (χ0v) is 28.9. The van der Waals surface area contributed by atoms with Gasteiger partial charge in [0.05, 0.1) is 30.8 Å². The van der Waals surface area contributed by atoms with Gasteiger partial charge >= 0.3 is 11.9 Å². The molecule has 0 fully saturated rings. The van der Waals surface area contributed by atoms with Crippen molar-refractivity contribution in [3.05, 3.63) is 11.8 Å². The fraction of sp³-hybridized carbons (Fsp3) is 0.778. The highest BCUT2D eigenvalue weighted by atomic mass is 127. The molecule has 8 nitrogen and oxygen atoms in total. The van der Waals surface area contributed by atoms with Crippen LogP contribution >= 0.6 is 0 Å². The van der Waals surface area contributed by atoms with Gasteiger partial charge in [0.15, 0.2) is 0 Å². The number of nitrogens with zero attached hydrogens (tertiary/aromatic N) is 2. The summed E-state index contributed by atoms with van der Waals surface area (Å²) in [6.45, 7) is 22.2. The maximum Gasteiger partial charge on any atom is 0.308 e. The first-order chi connectivity index (χ1) is 16.4. The van der Waals surface area contributed by atoms with Crippen molar-refractivity contribution >= 4 is 32.8 Å². The summed E-state index contributed by atoms with van der Waals surface area (Å²) in [5.41, 5.74) is 0. The third-order valence-corrected chi connectivity index (χ3v) is 5.34. The van der Waals surface area contributed by atoms with Crippen molar-refractivity contribution in [2.45, 2.75) is 74.0 Å². The number of rotatable bonds is 13. The number of Topliss-reactive ketones (excluding diaryl/α,β-unsaturated/α-hetero) is 1. The minimum Gasteiger partial charge on any atom is -1.00 e. The molecular weight excluding hydrogens is 603 g/mol. The Labute approximate surface area is 245 Å².